The fraction of sp³-hybridized carbons (Fsp3) is 0.455. The van der Waals surface area contributed by atoms with Crippen molar-refractivity contribution in [2.75, 3.05) is 36.6 Å². The van der Waals surface area contributed by atoms with Gasteiger partial charge in [-0.25, -0.2) is 9.97 Å². The molecule has 0 aliphatic heterocycles. The minimum atomic E-state index is -0.173. The standard InChI is InChI=1S/C11H17N7O/c1-4-5-14-8-6-7(16-10(12-2)17-8)9(19)18-11(13-3)15-6/h4-5H2,1-3H3,(H2,12,14,16,17)(H2,13,15,18,19). The van der Waals surface area contributed by atoms with Crippen LogP contribution in [0.2, 0.25) is 0 Å². The average Bonchev–Trinajstić information content (AvgIpc) is 2.44. The van der Waals surface area contributed by atoms with Gasteiger partial charge in [0.05, 0.1) is 0 Å². The minimum Gasteiger partial charge on any atom is -0.492 e. The number of nitrogens with zero attached hydrogens (tertiary/aromatic N) is 4. The third-order valence-corrected chi connectivity index (χ3v) is 2.51. The molecule has 2 rings (SSSR count). The van der Waals surface area contributed by atoms with Crippen LogP contribution in [-0.4, -0.2) is 45.7 Å². The lowest BCUT2D eigenvalue weighted by molar-refractivity contribution is 0.459. The number of hydrogen-bond donors (Lipinski definition) is 4. The van der Waals surface area contributed by atoms with Crippen LogP contribution in [0.15, 0.2) is 0 Å². The number of nitrogens with one attached hydrogen (secondary N) is 3. The van der Waals surface area contributed by atoms with Gasteiger partial charge in [0.25, 0.3) is 0 Å². The highest BCUT2D eigenvalue weighted by Gasteiger charge is 2.14. The number of rotatable bonds is 5. The summed E-state index contributed by atoms with van der Waals surface area (Å²) in [7, 11) is 3.40. The number of anilines is 3. The van der Waals surface area contributed by atoms with E-state index >= 15 is 0 Å². The van der Waals surface area contributed by atoms with E-state index in [9.17, 15) is 5.11 Å². The highest BCUT2D eigenvalue weighted by molar-refractivity contribution is 5.90. The van der Waals surface area contributed by atoms with Gasteiger partial charge in [0, 0.05) is 20.6 Å². The zero-order valence-corrected chi connectivity index (χ0v) is 11.2. The number of hydrogen-bond acceptors (Lipinski definition) is 8. The van der Waals surface area contributed by atoms with Crippen molar-refractivity contribution in [1.29, 1.82) is 0 Å². The monoisotopic (exact) mass is 263 g/mol. The predicted octanol–water partition coefficient (Wildman–Crippen LogP) is 1.03. The first-order valence-corrected chi connectivity index (χ1v) is 6.07. The molecule has 8 heteroatoms. The Morgan fingerprint density at radius 1 is 0.947 bits per heavy atom. The minimum absolute atomic E-state index is 0.173. The van der Waals surface area contributed by atoms with Crippen LogP contribution in [0, 0.1) is 0 Å². The van der Waals surface area contributed by atoms with Crippen LogP contribution in [0.3, 0.4) is 0 Å². The molecule has 0 saturated carbocycles. The van der Waals surface area contributed by atoms with Crippen LogP contribution >= 0.6 is 0 Å². The molecule has 0 unspecified atom stereocenters. The largest absolute Gasteiger partial charge is 0.492 e. The van der Waals surface area contributed by atoms with Crippen LogP contribution in [-0.2, 0) is 0 Å². The van der Waals surface area contributed by atoms with E-state index in [2.05, 4.69) is 42.8 Å². The predicted molar refractivity (Wildman–Crippen MR) is 74.7 cm³/mol. The Bertz CT molecular complexity index is 587. The van der Waals surface area contributed by atoms with Crippen LogP contribution < -0.4 is 16.0 Å². The van der Waals surface area contributed by atoms with Gasteiger partial charge in [0.15, 0.2) is 11.3 Å². The normalized spacial score (nSPS) is 10.5. The molecular formula is C11H17N7O. The lowest BCUT2D eigenvalue weighted by Crippen LogP contribution is -2.08. The van der Waals surface area contributed by atoms with Gasteiger partial charge in [-0.05, 0) is 6.42 Å². The number of fused-ring (bicyclic) bond motifs is 1. The average molecular weight is 263 g/mol. The molecule has 0 amide bonds. The molecule has 0 spiro atoms. The van der Waals surface area contributed by atoms with Crippen molar-refractivity contribution in [2.45, 2.75) is 13.3 Å². The molecule has 2 aromatic rings. The summed E-state index contributed by atoms with van der Waals surface area (Å²) in [6.07, 6.45) is 0.955. The second-order valence-corrected chi connectivity index (χ2v) is 3.89. The van der Waals surface area contributed by atoms with E-state index in [1.807, 2.05) is 0 Å². The molecule has 0 bridgehead atoms. The smallest absolute Gasteiger partial charge is 0.243 e. The molecule has 0 aliphatic carbocycles. The summed E-state index contributed by atoms with van der Waals surface area (Å²) in [5.41, 5.74) is 0.807. The molecule has 0 aromatic carbocycles. The number of aromatic hydroxyl groups is 1. The lowest BCUT2D eigenvalue weighted by Gasteiger charge is -2.10. The molecule has 2 aromatic heterocycles. The third kappa shape index (κ3) is 2.56. The maximum atomic E-state index is 9.92. The van der Waals surface area contributed by atoms with Crippen LogP contribution in [0.4, 0.5) is 17.7 Å². The Balaban J connectivity index is 2.64. The Morgan fingerprint density at radius 3 is 2.21 bits per heavy atom. The fourth-order valence-electron chi connectivity index (χ4n) is 1.59. The van der Waals surface area contributed by atoms with E-state index in [1.165, 1.54) is 0 Å². The first kappa shape index (κ1) is 13.1. The van der Waals surface area contributed by atoms with Gasteiger partial charge in [0.1, 0.15) is 5.52 Å². The molecule has 4 N–H and O–H groups in total. The summed E-state index contributed by atoms with van der Waals surface area (Å²) in [4.78, 5) is 16.7. The highest BCUT2D eigenvalue weighted by atomic mass is 16.3. The van der Waals surface area contributed by atoms with E-state index in [0.717, 1.165) is 13.0 Å². The van der Waals surface area contributed by atoms with Crippen molar-refractivity contribution < 1.29 is 5.11 Å². The van der Waals surface area contributed by atoms with Crippen molar-refractivity contribution in [2.24, 2.45) is 0 Å². The van der Waals surface area contributed by atoms with Gasteiger partial charge in [-0.3, -0.25) is 0 Å². The number of aromatic nitrogens is 4. The van der Waals surface area contributed by atoms with Gasteiger partial charge < -0.3 is 21.1 Å². The maximum Gasteiger partial charge on any atom is 0.243 e. The second-order valence-electron chi connectivity index (χ2n) is 3.89. The Labute approximate surface area is 110 Å². The quantitative estimate of drug-likeness (QED) is 0.633. The first-order chi connectivity index (χ1) is 9.19. The highest BCUT2D eigenvalue weighted by Crippen LogP contribution is 2.26. The van der Waals surface area contributed by atoms with Crippen LogP contribution in [0.25, 0.3) is 11.0 Å². The lowest BCUT2D eigenvalue weighted by atomic mass is 10.3. The molecule has 0 fully saturated rings. The zero-order valence-electron chi connectivity index (χ0n) is 11.2. The summed E-state index contributed by atoms with van der Waals surface area (Å²) < 4.78 is 0. The van der Waals surface area contributed by atoms with Gasteiger partial charge in [-0.1, -0.05) is 6.92 Å². The SMILES string of the molecule is CCCNc1nc(NC)nc2c(O)nc(NC)nc12. The van der Waals surface area contributed by atoms with Crippen molar-refractivity contribution in [3.8, 4) is 5.88 Å². The van der Waals surface area contributed by atoms with E-state index in [4.69, 9.17) is 0 Å². The van der Waals surface area contributed by atoms with Crippen molar-refractivity contribution >= 4 is 28.7 Å². The zero-order chi connectivity index (χ0) is 13.8. The van der Waals surface area contributed by atoms with Crippen LogP contribution in [0.5, 0.6) is 5.88 Å². The van der Waals surface area contributed by atoms with Gasteiger partial charge in [-0.15, -0.1) is 0 Å². The van der Waals surface area contributed by atoms with Gasteiger partial charge in [0.2, 0.25) is 17.8 Å². The summed E-state index contributed by atoms with van der Waals surface area (Å²) in [5.74, 6) is 1.13. The van der Waals surface area contributed by atoms with Crippen LogP contribution in [0.1, 0.15) is 13.3 Å². The fourth-order valence-corrected chi connectivity index (χ4v) is 1.59. The van der Waals surface area contributed by atoms with Gasteiger partial charge >= 0.3 is 0 Å². The van der Waals surface area contributed by atoms with E-state index in [-0.39, 0.29) is 5.88 Å². The molecule has 0 radical (unpaired) electrons. The van der Waals surface area contributed by atoms with E-state index in [1.54, 1.807) is 14.1 Å². The Hall–Kier alpha value is -2.38. The summed E-state index contributed by atoms with van der Waals surface area (Å²) in [6.45, 7) is 2.82. The summed E-state index contributed by atoms with van der Waals surface area (Å²) in [6, 6.07) is 0. The molecule has 0 saturated heterocycles. The molecule has 2 heterocycles. The molecule has 0 atom stereocenters. The molecule has 0 aliphatic rings. The second kappa shape index (κ2) is 5.51. The maximum absolute atomic E-state index is 9.92. The molecule has 8 nitrogen and oxygen atoms in total. The Morgan fingerprint density at radius 2 is 1.58 bits per heavy atom. The summed E-state index contributed by atoms with van der Waals surface area (Å²) >= 11 is 0. The van der Waals surface area contributed by atoms with Crippen molar-refractivity contribution in [1.82, 2.24) is 19.9 Å². The summed E-state index contributed by atoms with van der Waals surface area (Å²) in [5, 5.41) is 18.7. The van der Waals surface area contributed by atoms with E-state index < -0.39 is 0 Å². The third-order valence-electron chi connectivity index (χ3n) is 2.51. The molecule has 19 heavy (non-hydrogen) atoms. The van der Waals surface area contributed by atoms with Crippen molar-refractivity contribution in [3.63, 3.8) is 0 Å². The van der Waals surface area contributed by atoms with Gasteiger partial charge in [-0.2, -0.15) is 9.97 Å². The first-order valence-electron chi connectivity index (χ1n) is 6.07. The molecule has 102 valence electrons. The van der Waals surface area contributed by atoms with Crippen molar-refractivity contribution in [3.05, 3.63) is 0 Å². The van der Waals surface area contributed by atoms with E-state index in [0.29, 0.717) is 28.7 Å². The molecular weight excluding hydrogens is 246 g/mol. The topological polar surface area (TPSA) is 108 Å². The Kier molecular flexibility index (Phi) is 3.79.